The van der Waals surface area contributed by atoms with Crippen molar-refractivity contribution in [3.8, 4) is 0 Å². The van der Waals surface area contributed by atoms with E-state index in [4.69, 9.17) is 23.2 Å². The van der Waals surface area contributed by atoms with Crippen LogP contribution < -0.4 is 10.1 Å². The monoisotopic (exact) mass is 482 g/mol. The van der Waals surface area contributed by atoms with Crippen LogP contribution in [0.5, 0.6) is 0 Å². The molecule has 0 fully saturated rings. The van der Waals surface area contributed by atoms with Crippen LogP contribution in [0, 0.1) is 15.9 Å². The summed E-state index contributed by atoms with van der Waals surface area (Å²) in [6.45, 7) is 0. The number of hydrogen-bond donors (Lipinski definition) is 2. The van der Waals surface area contributed by atoms with Crippen molar-refractivity contribution in [3.63, 3.8) is 0 Å². The summed E-state index contributed by atoms with van der Waals surface area (Å²) in [6.07, 6.45) is 1.06. The van der Waals surface area contributed by atoms with Crippen molar-refractivity contribution in [2.45, 2.75) is 4.90 Å². The average molecular weight is 483 g/mol. The van der Waals surface area contributed by atoms with Gasteiger partial charge in [0.2, 0.25) is 0 Å². The largest absolute Gasteiger partial charge is 0.295 e. The van der Waals surface area contributed by atoms with Crippen LogP contribution in [-0.4, -0.2) is 19.6 Å². The Bertz CT molecular complexity index is 1250. The SMILES string of the molecule is O=[N+]([O-])c1cc(S(=O)(=O)Nc2ccc(Cl)cc2)ccc1N/N=C/c1c(F)cccc1Cl. The number of anilines is 2. The maximum Gasteiger partial charge on any atom is 0.295 e. The molecule has 3 rings (SSSR count). The predicted molar refractivity (Wildman–Crippen MR) is 118 cm³/mol. The quantitative estimate of drug-likeness (QED) is 0.269. The van der Waals surface area contributed by atoms with Gasteiger partial charge in [0.15, 0.2) is 0 Å². The highest BCUT2D eigenvalue weighted by Crippen LogP contribution is 2.29. The molecule has 2 N–H and O–H groups in total. The van der Waals surface area contributed by atoms with Gasteiger partial charge >= 0.3 is 0 Å². The summed E-state index contributed by atoms with van der Waals surface area (Å²) >= 11 is 11.7. The molecule has 0 heterocycles. The van der Waals surface area contributed by atoms with Crippen LogP contribution in [0.2, 0.25) is 10.0 Å². The molecule has 160 valence electrons. The van der Waals surface area contributed by atoms with Crippen molar-refractivity contribution in [2.75, 3.05) is 10.1 Å². The van der Waals surface area contributed by atoms with E-state index in [-0.39, 0.29) is 26.9 Å². The molecule has 0 amide bonds. The number of hydrazone groups is 1. The first-order valence-corrected chi connectivity index (χ1v) is 10.7. The lowest BCUT2D eigenvalue weighted by molar-refractivity contribution is -0.384. The van der Waals surface area contributed by atoms with Crippen molar-refractivity contribution >= 4 is 56.5 Å². The molecule has 0 aliphatic carbocycles. The van der Waals surface area contributed by atoms with Gasteiger partial charge in [0.05, 0.1) is 21.1 Å². The van der Waals surface area contributed by atoms with Gasteiger partial charge in [-0.2, -0.15) is 5.10 Å². The lowest BCUT2D eigenvalue weighted by Crippen LogP contribution is -2.13. The van der Waals surface area contributed by atoms with Crippen molar-refractivity contribution in [1.82, 2.24) is 0 Å². The fraction of sp³-hybridized carbons (Fsp3) is 0. The molecule has 31 heavy (non-hydrogen) atoms. The van der Waals surface area contributed by atoms with Gasteiger partial charge in [-0.25, -0.2) is 12.8 Å². The molecule has 0 unspecified atom stereocenters. The summed E-state index contributed by atoms with van der Waals surface area (Å²) in [5, 5.41) is 15.7. The molecule has 0 aliphatic heterocycles. The number of hydrogen-bond acceptors (Lipinski definition) is 6. The predicted octanol–water partition coefficient (Wildman–Crippen LogP) is 5.29. The molecule has 0 spiro atoms. The van der Waals surface area contributed by atoms with E-state index in [1.807, 2.05) is 0 Å². The van der Waals surface area contributed by atoms with Crippen LogP contribution in [0.15, 0.2) is 70.7 Å². The molecule has 0 saturated heterocycles. The van der Waals surface area contributed by atoms with E-state index >= 15 is 0 Å². The Morgan fingerprint density at radius 3 is 2.42 bits per heavy atom. The first kappa shape index (κ1) is 22.5. The van der Waals surface area contributed by atoms with Gasteiger partial charge in [-0.3, -0.25) is 20.3 Å². The van der Waals surface area contributed by atoms with Gasteiger partial charge in [-0.05, 0) is 48.5 Å². The van der Waals surface area contributed by atoms with Crippen molar-refractivity contribution in [1.29, 1.82) is 0 Å². The zero-order valence-corrected chi connectivity index (χ0v) is 17.7. The molecule has 0 aliphatic rings. The number of nitro groups is 1. The molecule has 0 aromatic heterocycles. The Hall–Kier alpha value is -3.21. The smallest absolute Gasteiger partial charge is 0.280 e. The summed E-state index contributed by atoms with van der Waals surface area (Å²) in [7, 11) is -4.10. The zero-order chi connectivity index (χ0) is 22.6. The Balaban J connectivity index is 1.86. The van der Waals surface area contributed by atoms with Gasteiger partial charge in [0, 0.05) is 22.3 Å². The van der Waals surface area contributed by atoms with E-state index in [9.17, 15) is 22.9 Å². The normalized spacial score (nSPS) is 11.5. The van der Waals surface area contributed by atoms with Gasteiger partial charge in [-0.1, -0.05) is 29.3 Å². The topological polar surface area (TPSA) is 114 Å². The Morgan fingerprint density at radius 1 is 1.06 bits per heavy atom. The highest BCUT2D eigenvalue weighted by atomic mass is 35.5. The molecular formula is C19H13Cl2FN4O4S. The van der Waals surface area contributed by atoms with E-state index in [2.05, 4.69) is 15.2 Å². The first-order chi connectivity index (χ1) is 14.7. The van der Waals surface area contributed by atoms with E-state index in [1.165, 1.54) is 54.6 Å². The number of nitrogens with zero attached hydrogens (tertiary/aromatic N) is 2. The lowest BCUT2D eigenvalue weighted by Gasteiger charge is -2.09. The van der Waals surface area contributed by atoms with E-state index in [1.54, 1.807) is 0 Å². The third kappa shape index (κ3) is 5.48. The summed E-state index contributed by atoms with van der Waals surface area (Å²) in [5.41, 5.74) is 1.99. The van der Waals surface area contributed by atoms with Gasteiger partial charge in [-0.15, -0.1) is 0 Å². The Labute approximate surface area is 186 Å². The van der Waals surface area contributed by atoms with Crippen LogP contribution >= 0.6 is 23.2 Å². The fourth-order valence-electron chi connectivity index (χ4n) is 2.46. The summed E-state index contributed by atoms with van der Waals surface area (Å²) in [6, 6.07) is 13.2. The minimum absolute atomic E-state index is 0.00863. The molecule has 3 aromatic rings. The standard InChI is InChI=1S/C19H13Cl2FN4O4S/c20-12-4-6-13(7-5-12)25-31(29,30)14-8-9-18(19(10-14)26(27)28)24-23-11-15-16(21)2-1-3-17(15)22/h1-11,24-25H/b23-11+. The summed E-state index contributed by atoms with van der Waals surface area (Å²) in [5.74, 6) is -0.623. The third-order valence-electron chi connectivity index (χ3n) is 3.95. The lowest BCUT2D eigenvalue weighted by atomic mass is 10.2. The molecule has 0 radical (unpaired) electrons. The maximum atomic E-state index is 13.8. The third-order valence-corrected chi connectivity index (χ3v) is 5.91. The van der Waals surface area contributed by atoms with Crippen LogP contribution in [0.3, 0.4) is 0 Å². The zero-order valence-electron chi connectivity index (χ0n) is 15.4. The summed E-state index contributed by atoms with van der Waals surface area (Å²) in [4.78, 5) is 10.3. The Kier molecular flexibility index (Phi) is 6.74. The second kappa shape index (κ2) is 9.29. The number of nitrogens with one attached hydrogen (secondary N) is 2. The highest BCUT2D eigenvalue weighted by Gasteiger charge is 2.21. The van der Waals surface area contributed by atoms with Crippen molar-refractivity contribution < 1.29 is 17.7 Å². The van der Waals surface area contributed by atoms with Crippen LogP contribution in [0.1, 0.15) is 5.56 Å². The first-order valence-electron chi connectivity index (χ1n) is 8.47. The summed E-state index contributed by atoms with van der Waals surface area (Å²) < 4.78 is 41.2. The number of nitro benzene ring substituents is 1. The number of halogens is 3. The van der Waals surface area contributed by atoms with Gasteiger partial charge in [0.1, 0.15) is 11.5 Å². The van der Waals surface area contributed by atoms with E-state index in [0.29, 0.717) is 5.02 Å². The average Bonchev–Trinajstić information content (AvgIpc) is 2.71. The molecule has 0 saturated carbocycles. The van der Waals surface area contributed by atoms with E-state index < -0.39 is 26.5 Å². The van der Waals surface area contributed by atoms with Crippen LogP contribution in [0.25, 0.3) is 0 Å². The number of benzene rings is 3. The molecule has 0 atom stereocenters. The molecule has 3 aromatic carbocycles. The second-order valence-electron chi connectivity index (χ2n) is 6.05. The second-order valence-corrected chi connectivity index (χ2v) is 8.58. The Morgan fingerprint density at radius 2 is 1.77 bits per heavy atom. The maximum absolute atomic E-state index is 13.8. The molecule has 8 nitrogen and oxygen atoms in total. The minimum Gasteiger partial charge on any atom is -0.280 e. The fourth-order valence-corrected chi connectivity index (χ4v) is 3.87. The highest BCUT2D eigenvalue weighted by molar-refractivity contribution is 7.92. The number of rotatable bonds is 7. The number of sulfonamides is 1. The van der Waals surface area contributed by atoms with Gasteiger partial charge < -0.3 is 0 Å². The van der Waals surface area contributed by atoms with Gasteiger partial charge in [0.25, 0.3) is 15.7 Å². The van der Waals surface area contributed by atoms with Crippen LogP contribution in [0.4, 0.5) is 21.5 Å². The minimum atomic E-state index is -4.10. The molecule has 0 bridgehead atoms. The van der Waals surface area contributed by atoms with Crippen LogP contribution in [-0.2, 0) is 10.0 Å². The molecular weight excluding hydrogens is 470 g/mol. The van der Waals surface area contributed by atoms with Crippen molar-refractivity contribution in [3.05, 3.63) is 92.2 Å². The van der Waals surface area contributed by atoms with E-state index in [0.717, 1.165) is 12.3 Å². The van der Waals surface area contributed by atoms with Crippen molar-refractivity contribution in [2.24, 2.45) is 5.10 Å². The molecule has 12 heteroatoms.